The Morgan fingerprint density at radius 3 is 2.11 bits per heavy atom. The number of aliphatic hydroxyl groups excluding tert-OH is 1. The number of carbonyl (C=O) groups is 4. The zero-order valence-electron chi connectivity index (χ0n) is 26.5. The molecule has 4 rings (SSSR count). The average molecular weight is 668 g/mol. The number of ether oxygens (including phenoxy) is 2. The molecule has 0 radical (unpaired) electrons. The Hall–Kier alpha value is -4.46. The number of hydrogen-bond donors (Lipinski definition) is 3. The van der Waals surface area contributed by atoms with Gasteiger partial charge in [0.2, 0.25) is 11.8 Å². The van der Waals surface area contributed by atoms with Crippen LogP contribution in [-0.2, 0) is 19.2 Å². The van der Waals surface area contributed by atoms with E-state index in [-0.39, 0.29) is 17.4 Å². The van der Waals surface area contributed by atoms with E-state index in [0.717, 1.165) is 5.56 Å². The van der Waals surface area contributed by atoms with E-state index in [0.29, 0.717) is 21.9 Å². The van der Waals surface area contributed by atoms with Gasteiger partial charge < -0.3 is 30.3 Å². The van der Waals surface area contributed by atoms with Crippen LogP contribution in [0.4, 0.5) is 10.1 Å². The Balaban J connectivity index is 1.51. The van der Waals surface area contributed by atoms with Gasteiger partial charge in [0.25, 0.3) is 5.91 Å². The number of halogens is 1. The SMILES string of the molecule is COc1ccc(C(O)CS[C@H]2C(=O)N(c3ccc(F)cc3)[C@@H]2c2ccc(OCC(=O)N(C(=O)CN)[C@@H](C(=O)O)C(C)(C)C)cc2)cc1. The highest BCUT2D eigenvalue weighted by Gasteiger charge is 2.49. The van der Waals surface area contributed by atoms with Crippen LogP contribution < -0.4 is 20.1 Å². The molecular weight excluding hydrogens is 629 g/mol. The monoisotopic (exact) mass is 667 g/mol. The van der Waals surface area contributed by atoms with E-state index in [1.165, 1.54) is 36.0 Å². The fourth-order valence-electron chi connectivity index (χ4n) is 5.32. The first kappa shape index (κ1) is 35.4. The normalized spacial score (nSPS) is 17.3. The van der Waals surface area contributed by atoms with Crippen LogP contribution >= 0.6 is 11.8 Å². The van der Waals surface area contributed by atoms with Gasteiger partial charge in [0.15, 0.2) is 6.61 Å². The molecule has 1 fully saturated rings. The third-order valence-electron chi connectivity index (χ3n) is 7.69. The zero-order chi connectivity index (χ0) is 34.5. The predicted octanol–water partition coefficient (Wildman–Crippen LogP) is 3.95. The van der Waals surface area contributed by atoms with Gasteiger partial charge in [0, 0.05) is 11.4 Å². The highest BCUT2D eigenvalue weighted by Crippen LogP contribution is 2.46. The van der Waals surface area contributed by atoms with Crippen molar-refractivity contribution in [1.29, 1.82) is 0 Å². The second-order valence-corrected chi connectivity index (χ2v) is 13.2. The van der Waals surface area contributed by atoms with Crippen LogP contribution in [0, 0.1) is 11.2 Å². The first-order valence-electron chi connectivity index (χ1n) is 14.8. The quantitative estimate of drug-likeness (QED) is 0.228. The van der Waals surface area contributed by atoms with Crippen molar-refractivity contribution in [2.75, 3.05) is 30.9 Å². The molecule has 0 saturated carbocycles. The lowest BCUT2D eigenvalue weighted by molar-refractivity contribution is -0.163. The number of amides is 3. The maximum atomic E-state index is 13.7. The number of carbonyl (C=O) groups excluding carboxylic acids is 3. The van der Waals surface area contributed by atoms with Crippen molar-refractivity contribution >= 4 is 41.1 Å². The molecule has 0 bridgehead atoms. The van der Waals surface area contributed by atoms with Gasteiger partial charge in [-0.25, -0.2) is 9.18 Å². The van der Waals surface area contributed by atoms with E-state index in [4.69, 9.17) is 15.2 Å². The number of carboxylic acids is 1. The van der Waals surface area contributed by atoms with Gasteiger partial charge in [0.1, 0.15) is 28.6 Å². The van der Waals surface area contributed by atoms with E-state index in [1.54, 1.807) is 81.3 Å². The van der Waals surface area contributed by atoms with Gasteiger partial charge in [0.05, 0.1) is 25.8 Å². The van der Waals surface area contributed by atoms with Gasteiger partial charge in [-0.2, -0.15) is 0 Å². The second kappa shape index (κ2) is 15.0. The molecule has 47 heavy (non-hydrogen) atoms. The third kappa shape index (κ3) is 8.10. The number of carboxylic acid groups (broad SMARTS) is 1. The van der Waals surface area contributed by atoms with Crippen molar-refractivity contribution in [3.63, 3.8) is 0 Å². The lowest BCUT2D eigenvalue weighted by Gasteiger charge is -2.47. The number of nitrogens with zero attached hydrogens (tertiary/aromatic N) is 2. The zero-order valence-corrected chi connectivity index (χ0v) is 27.3. The Labute approximate surface area is 276 Å². The van der Waals surface area contributed by atoms with Crippen molar-refractivity contribution in [2.24, 2.45) is 11.1 Å². The van der Waals surface area contributed by atoms with E-state index >= 15 is 0 Å². The van der Waals surface area contributed by atoms with Crippen molar-refractivity contribution in [3.8, 4) is 11.5 Å². The molecule has 4 atom stereocenters. The molecule has 1 unspecified atom stereocenters. The van der Waals surface area contributed by atoms with Crippen molar-refractivity contribution < 1.29 is 43.3 Å². The lowest BCUT2D eigenvalue weighted by Crippen LogP contribution is -2.57. The molecular formula is C34H38FN3O8S. The summed E-state index contributed by atoms with van der Waals surface area (Å²) in [7, 11) is 1.55. The molecule has 4 N–H and O–H groups in total. The fourth-order valence-corrected chi connectivity index (χ4v) is 6.62. The largest absolute Gasteiger partial charge is 0.497 e. The molecule has 0 spiro atoms. The number of benzene rings is 3. The molecule has 3 aromatic carbocycles. The number of methoxy groups -OCH3 is 1. The smallest absolute Gasteiger partial charge is 0.327 e. The molecule has 1 aliphatic heterocycles. The number of aliphatic hydroxyl groups is 1. The molecule has 11 nitrogen and oxygen atoms in total. The summed E-state index contributed by atoms with van der Waals surface area (Å²) in [6.45, 7) is 3.63. The number of imide groups is 1. The number of nitrogens with two attached hydrogens (primary N) is 1. The van der Waals surface area contributed by atoms with E-state index in [9.17, 15) is 33.8 Å². The summed E-state index contributed by atoms with van der Waals surface area (Å²) in [4.78, 5) is 53.2. The summed E-state index contributed by atoms with van der Waals surface area (Å²) >= 11 is 1.30. The second-order valence-electron chi connectivity index (χ2n) is 12.0. The average Bonchev–Trinajstić information content (AvgIpc) is 3.04. The summed E-state index contributed by atoms with van der Waals surface area (Å²) in [5.41, 5.74) is 6.42. The van der Waals surface area contributed by atoms with Crippen LogP contribution in [0.5, 0.6) is 11.5 Å². The first-order valence-corrected chi connectivity index (χ1v) is 15.8. The minimum absolute atomic E-state index is 0.198. The van der Waals surface area contributed by atoms with Crippen molar-refractivity contribution in [3.05, 3.63) is 89.7 Å². The van der Waals surface area contributed by atoms with Crippen LogP contribution in [0.1, 0.15) is 44.0 Å². The van der Waals surface area contributed by atoms with Crippen LogP contribution in [0.15, 0.2) is 72.8 Å². The topological polar surface area (TPSA) is 160 Å². The fraction of sp³-hybridized carbons (Fsp3) is 0.353. The van der Waals surface area contributed by atoms with Crippen LogP contribution in [-0.4, -0.2) is 76.1 Å². The maximum Gasteiger partial charge on any atom is 0.327 e. The molecule has 1 aliphatic rings. The molecule has 3 aromatic rings. The molecule has 1 heterocycles. The highest BCUT2D eigenvalue weighted by molar-refractivity contribution is 8.00. The Morgan fingerprint density at radius 2 is 1.57 bits per heavy atom. The van der Waals surface area contributed by atoms with Crippen molar-refractivity contribution in [2.45, 2.75) is 44.2 Å². The summed E-state index contributed by atoms with van der Waals surface area (Å²) in [5.74, 6) is -2.51. The summed E-state index contributed by atoms with van der Waals surface area (Å²) in [5, 5.41) is 20.0. The number of β-lactam (4-membered cyclic amide) rings is 1. The van der Waals surface area contributed by atoms with E-state index in [1.807, 2.05) is 0 Å². The van der Waals surface area contributed by atoms with E-state index < -0.39 is 65.6 Å². The minimum Gasteiger partial charge on any atom is -0.497 e. The minimum atomic E-state index is -1.46. The molecule has 0 aromatic heterocycles. The van der Waals surface area contributed by atoms with Crippen LogP contribution in [0.3, 0.4) is 0 Å². The molecule has 3 amide bonds. The van der Waals surface area contributed by atoms with Crippen LogP contribution in [0.25, 0.3) is 0 Å². The maximum absolute atomic E-state index is 13.7. The third-order valence-corrected chi connectivity index (χ3v) is 9.02. The molecule has 13 heteroatoms. The number of hydrogen-bond acceptors (Lipinski definition) is 9. The molecule has 1 saturated heterocycles. The summed E-state index contributed by atoms with van der Waals surface area (Å²) in [6.07, 6.45) is -0.836. The number of rotatable bonds is 13. The standard InChI is InChI=1S/C34H38FN3O8S/c1-34(2,3)31(33(43)44)38(27(40)17-36)28(41)18-46-25-15-7-21(8-16-25)29-30(32(42)37(29)23-11-9-22(35)10-12-23)47-19-26(39)20-5-13-24(45-4)14-6-20/h5-16,26,29-31,39H,17-19,36H2,1-4H3,(H,43,44)/t26?,29-,30-,31+/m1/s1. The molecule has 250 valence electrons. The summed E-state index contributed by atoms with van der Waals surface area (Å²) < 4.78 is 24.5. The Bertz CT molecular complexity index is 1580. The Morgan fingerprint density at radius 1 is 0.979 bits per heavy atom. The predicted molar refractivity (Wildman–Crippen MR) is 175 cm³/mol. The Kier molecular flexibility index (Phi) is 11.3. The van der Waals surface area contributed by atoms with Gasteiger partial charge in [-0.1, -0.05) is 45.0 Å². The number of aliphatic carboxylic acids is 1. The van der Waals surface area contributed by atoms with Gasteiger partial charge in [-0.3, -0.25) is 19.3 Å². The molecule has 0 aliphatic carbocycles. The first-order chi connectivity index (χ1) is 22.3. The van der Waals surface area contributed by atoms with Gasteiger partial charge in [-0.15, -0.1) is 11.8 Å². The van der Waals surface area contributed by atoms with Gasteiger partial charge >= 0.3 is 5.97 Å². The lowest BCUT2D eigenvalue weighted by atomic mass is 9.85. The number of thioether (sulfide) groups is 1. The highest BCUT2D eigenvalue weighted by atomic mass is 32.2. The number of anilines is 1. The van der Waals surface area contributed by atoms with E-state index in [2.05, 4.69) is 0 Å². The van der Waals surface area contributed by atoms with Crippen LogP contribution in [0.2, 0.25) is 0 Å². The van der Waals surface area contributed by atoms with Crippen molar-refractivity contribution in [1.82, 2.24) is 4.90 Å². The summed E-state index contributed by atoms with van der Waals surface area (Å²) in [6, 6.07) is 17.3. The van der Waals surface area contributed by atoms with Gasteiger partial charge in [-0.05, 0) is 65.1 Å².